The van der Waals surface area contributed by atoms with Crippen LogP contribution in [-0.2, 0) is 5.50 Å². The molecule has 1 rings (SSSR count). The lowest BCUT2D eigenvalue weighted by molar-refractivity contribution is 0.112. The summed E-state index contributed by atoms with van der Waals surface area (Å²) in [6.45, 7) is 3.94. The van der Waals surface area contributed by atoms with E-state index in [4.69, 9.17) is 7.85 Å². The number of pyridine rings is 1. The second kappa shape index (κ2) is 4.66. The van der Waals surface area contributed by atoms with Crippen molar-refractivity contribution in [3.05, 3.63) is 23.5 Å². The fraction of sp³-hybridized carbons (Fsp3) is 0.545. The van der Waals surface area contributed by atoms with Gasteiger partial charge in [-0.1, -0.05) is 13.3 Å². The summed E-state index contributed by atoms with van der Waals surface area (Å²) >= 11 is 0. The molecule has 80 valence electrons. The predicted octanol–water partition coefficient (Wildman–Crippen LogP) is 1.55. The highest BCUT2D eigenvalue weighted by Crippen LogP contribution is 2.24. The highest BCUT2D eigenvalue weighted by molar-refractivity contribution is 6.14. The lowest BCUT2D eigenvalue weighted by Gasteiger charge is -2.23. The molecule has 1 unspecified atom stereocenters. The van der Waals surface area contributed by atoms with E-state index in [9.17, 15) is 5.11 Å². The lowest BCUT2D eigenvalue weighted by Crippen LogP contribution is -2.27. The molecule has 2 radical (unpaired) electrons. The molecule has 1 atom stereocenters. The van der Waals surface area contributed by atoms with E-state index in [1.54, 1.807) is 6.20 Å². The fourth-order valence-corrected chi connectivity index (χ4v) is 1.56. The van der Waals surface area contributed by atoms with Crippen molar-refractivity contribution < 1.29 is 5.11 Å². The van der Waals surface area contributed by atoms with Crippen LogP contribution in [0, 0.1) is 6.92 Å². The van der Waals surface area contributed by atoms with E-state index < -0.39 is 5.50 Å². The normalized spacial score (nSPS) is 14.7. The van der Waals surface area contributed by atoms with Crippen molar-refractivity contribution in [3.63, 3.8) is 0 Å². The van der Waals surface area contributed by atoms with Gasteiger partial charge in [-0.2, -0.15) is 0 Å². The number of hydrogen-bond acceptors (Lipinski definition) is 3. The minimum Gasteiger partial charge on any atom is -0.394 e. The largest absolute Gasteiger partial charge is 0.394 e. The number of nitrogens with zero attached hydrogens (tertiary/aromatic N) is 1. The third kappa shape index (κ3) is 2.72. The van der Waals surface area contributed by atoms with Gasteiger partial charge in [0.1, 0.15) is 7.85 Å². The van der Waals surface area contributed by atoms with E-state index in [2.05, 4.69) is 10.3 Å². The number of aryl methyl sites for hydroxylation is 1. The van der Waals surface area contributed by atoms with E-state index in [1.807, 2.05) is 27.0 Å². The fourth-order valence-electron chi connectivity index (χ4n) is 1.56. The summed E-state index contributed by atoms with van der Waals surface area (Å²) in [5.41, 5.74) is 1.19. The summed E-state index contributed by atoms with van der Waals surface area (Å²) in [7, 11) is 7.62. The monoisotopic (exact) mass is 204 g/mol. The van der Waals surface area contributed by atoms with E-state index in [-0.39, 0.29) is 0 Å². The van der Waals surface area contributed by atoms with Gasteiger partial charge in [-0.3, -0.25) is 4.98 Å². The van der Waals surface area contributed by atoms with Gasteiger partial charge in [0.15, 0.2) is 0 Å². The molecular formula is C11H17BN2O. The zero-order valence-electron chi connectivity index (χ0n) is 9.54. The van der Waals surface area contributed by atoms with E-state index in [1.165, 1.54) is 0 Å². The van der Waals surface area contributed by atoms with Crippen molar-refractivity contribution in [3.8, 4) is 0 Å². The molecule has 3 nitrogen and oxygen atoms in total. The molecule has 0 aliphatic rings. The van der Waals surface area contributed by atoms with Crippen LogP contribution < -0.4 is 5.32 Å². The van der Waals surface area contributed by atoms with Crippen LogP contribution in [0.4, 0.5) is 5.69 Å². The zero-order valence-corrected chi connectivity index (χ0v) is 9.54. The van der Waals surface area contributed by atoms with Crippen LogP contribution in [0.5, 0.6) is 0 Å². The molecule has 0 saturated carbocycles. The van der Waals surface area contributed by atoms with Gasteiger partial charge < -0.3 is 10.4 Å². The Kier molecular flexibility index (Phi) is 3.74. The number of nitrogens with one attached hydrogen (secondary N) is 1. The molecule has 0 amide bonds. The average molecular weight is 204 g/mol. The van der Waals surface area contributed by atoms with Crippen LogP contribution in [0.1, 0.15) is 31.0 Å². The first-order valence-corrected chi connectivity index (χ1v) is 5.17. The van der Waals surface area contributed by atoms with Crippen LogP contribution in [0.25, 0.3) is 0 Å². The van der Waals surface area contributed by atoms with Crippen molar-refractivity contribution >= 4 is 13.5 Å². The van der Waals surface area contributed by atoms with Crippen LogP contribution in [0.3, 0.4) is 0 Å². The molecule has 2 N–H and O–H groups in total. The van der Waals surface area contributed by atoms with Gasteiger partial charge in [0.25, 0.3) is 0 Å². The third-order valence-electron chi connectivity index (χ3n) is 2.45. The minimum atomic E-state index is -1.31. The Morgan fingerprint density at radius 3 is 2.73 bits per heavy atom. The number of aliphatic hydroxyl groups is 1. The van der Waals surface area contributed by atoms with E-state index in [0.717, 1.165) is 17.7 Å². The minimum absolute atomic E-state index is 0.512. The third-order valence-corrected chi connectivity index (χ3v) is 2.45. The Hall–Kier alpha value is -1.03. The molecule has 0 aliphatic carbocycles. The smallest absolute Gasteiger partial charge is 0.122 e. The maximum atomic E-state index is 9.97. The van der Waals surface area contributed by atoms with Crippen molar-refractivity contribution in [2.24, 2.45) is 0 Å². The highest BCUT2D eigenvalue weighted by Gasteiger charge is 2.23. The quantitative estimate of drug-likeness (QED) is 0.731. The summed E-state index contributed by atoms with van der Waals surface area (Å²) in [5, 5.41) is 13.0. The summed E-state index contributed by atoms with van der Waals surface area (Å²) in [5.74, 6) is 0. The van der Waals surface area contributed by atoms with Gasteiger partial charge in [0.05, 0.1) is 23.1 Å². The summed E-state index contributed by atoms with van der Waals surface area (Å²) < 4.78 is 0. The van der Waals surface area contributed by atoms with Gasteiger partial charge in [-0.25, -0.2) is 0 Å². The highest BCUT2D eigenvalue weighted by atomic mass is 16.3. The van der Waals surface area contributed by atoms with Crippen LogP contribution in [0.2, 0.25) is 0 Å². The number of hydrogen-bond donors (Lipinski definition) is 2. The topological polar surface area (TPSA) is 45.1 Å². The maximum Gasteiger partial charge on any atom is 0.122 e. The first-order chi connectivity index (χ1) is 7.01. The number of aromatic nitrogens is 1. The predicted molar refractivity (Wildman–Crippen MR) is 63.1 cm³/mol. The molecule has 1 aromatic rings. The average Bonchev–Trinajstić information content (AvgIpc) is 2.17. The van der Waals surface area contributed by atoms with Crippen LogP contribution in [0.15, 0.2) is 12.3 Å². The molecule has 0 aromatic carbocycles. The van der Waals surface area contributed by atoms with Crippen molar-refractivity contribution in [1.82, 2.24) is 4.98 Å². The Morgan fingerprint density at radius 1 is 1.60 bits per heavy atom. The second-order valence-electron chi connectivity index (χ2n) is 3.81. The summed E-state index contributed by atoms with van der Waals surface area (Å²) in [4.78, 5) is 4.16. The summed E-state index contributed by atoms with van der Waals surface area (Å²) in [6, 6.07) is 1.82. The van der Waals surface area contributed by atoms with Crippen molar-refractivity contribution in [1.29, 1.82) is 0 Å². The van der Waals surface area contributed by atoms with Gasteiger partial charge >= 0.3 is 0 Å². The molecule has 0 fully saturated rings. The van der Waals surface area contributed by atoms with Crippen LogP contribution in [-0.4, -0.2) is 25.0 Å². The van der Waals surface area contributed by atoms with Gasteiger partial charge in [-0.15, -0.1) is 0 Å². The first-order valence-electron chi connectivity index (χ1n) is 5.17. The molecule has 15 heavy (non-hydrogen) atoms. The van der Waals surface area contributed by atoms with Gasteiger partial charge in [0.2, 0.25) is 0 Å². The zero-order chi connectivity index (χ0) is 11.5. The molecular weight excluding hydrogens is 187 g/mol. The van der Waals surface area contributed by atoms with E-state index in [0.29, 0.717) is 12.1 Å². The van der Waals surface area contributed by atoms with Crippen LogP contribution >= 0.6 is 0 Å². The molecule has 0 aliphatic heterocycles. The maximum absolute atomic E-state index is 9.97. The van der Waals surface area contributed by atoms with Gasteiger partial charge in [-0.05, 0) is 25.0 Å². The Morgan fingerprint density at radius 2 is 2.27 bits per heavy atom. The molecule has 4 heteroatoms. The Labute approximate surface area is 92.3 Å². The standard InChI is InChI=1S/C11H17BN2O/c1-4-5-11(12,15)10-6-8(2)9(13-3)7-14-10/h6-7,13,15H,4-5H2,1-3H3. The lowest BCUT2D eigenvalue weighted by atomic mass is 9.75. The number of anilines is 1. The molecule has 0 saturated heterocycles. The molecule has 0 spiro atoms. The SMILES string of the molecule is [B]C(O)(CCC)c1cc(C)c(NC)cn1. The molecule has 1 heterocycles. The van der Waals surface area contributed by atoms with Crippen molar-refractivity contribution in [2.75, 3.05) is 12.4 Å². The van der Waals surface area contributed by atoms with Crippen molar-refractivity contribution in [2.45, 2.75) is 32.2 Å². The van der Waals surface area contributed by atoms with Gasteiger partial charge in [0, 0.05) is 7.05 Å². The number of rotatable bonds is 4. The Balaban J connectivity index is 3.01. The van der Waals surface area contributed by atoms with E-state index >= 15 is 0 Å². The Bertz CT molecular complexity index is 339. The molecule has 0 bridgehead atoms. The second-order valence-corrected chi connectivity index (χ2v) is 3.81. The molecule has 1 aromatic heterocycles. The summed E-state index contributed by atoms with van der Waals surface area (Å²) in [6.07, 6.45) is 3.03. The first kappa shape index (κ1) is 12.0.